The van der Waals surface area contributed by atoms with Gasteiger partial charge in [0.15, 0.2) is 11.5 Å². The van der Waals surface area contributed by atoms with Gasteiger partial charge in [-0.05, 0) is 24.3 Å². The first-order valence-electron chi connectivity index (χ1n) is 8.23. The van der Waals surface area contributed by atoms with Crippen LogP contribution in [0.2, 0.25) is 0 Å². The zero-order chi connectivity index (χ0) is 19.0. The van der Waals surface area contributed by atoms with E-state index in [-0.39, 0.29) is 6.61 Å². The molecule has 0 bridgehead atoms. The SMILES string of the molecule is O=C(CN1C(=O)c2ccccc2C1=O)OCc1cc2c(cc1Br)OCCO2. The van der Waals surface area contributed by atoms with E-state index >= 15 is 0 Å². The average molecular weight is 432 g/mol. The Labute approximate surface area is 162 Å². The molecule has 0 unspecified atom stereocenters. The molecule has 2 heterocycles. The summed E-state index contributed by atoms with van der Waals surface area (Å²) in [5.74, 6) is -0.461. The van der Waals surface area contributed by atoms with Crippen molar-refractivity contribution in [2.75, 3.05) is 19.8 Å². The van der Waals surface area contributed by atoms with E-state index in [0.717, 1.165) is 4.90 Å². The number of esters is 1. The van der Waals surface area contributed by atoms with Crippen molar-refractivity contribution in [2.45, 2.75) is 6.61 Å². The van der Waals surface area contributed by atoms with Crippen molar-refractivity contribution in [1.82, 2.24) is 4.90 Å². The molecule has 0 aromatic heterocycles. The highest BCUT2D eigenvalue weighted by Gasteiger charge is 2.36. The molecular formula is C19H14BrNO6. The van der Waals surface area contributed by atoms with Crippen molar-refractivity contribution in [3.63, 3.8) is 0 Å². The number of halogens is 1. The summed E-state index contributed by atoms with van der Waals surface area (Å²) in [5, 5.41) is 0. The normalized spacial score (nSPS) is 14.9. The van der Waals surface area contributed by atoms with Crippen molar-refractivity contribution in [1.29, 1.82) is 0 Å². The molecule has 0 radical (unpaired) electrons. The molecule has 2 aliphatic heterocycles. The summed E-state index contributed by atoms with van der Waals surface area (Å²) < 4.78 is 17.0. The van der Waals surface area contributed by atoms with Crippen molar-refractivity contribution < 1.29 is 28.6 Å². The topological polar surface area (TPSA) is 82.1 Å². The molecule has 0 N–H and O–H groups in total. The number of carbonyl (C=O) groups excluding carboxylic acids is 3. The van der Waals surface area contributed by atoms with Crippen LogP contribution in [0, 0.1) is 0 Å². The van der Waals surface area contributed by atoms with E-state index in [1.54, 1.807) is 36.4 Å². The van der Waals surface area contributed by atoms with E-state index in [0.29, 0.717) is 45.9 Å². The highest BCUT2D eigenvalue weighted by atomic mass is 79.9. The molecule has 0 spiro atoms. The van der Waals surface area contributed by atoms with E-state index in [2.05, 4.69) is 15.9 Å². The van der Waals surface area contributed by atoms with Gasteiger partial charge >= 0.3 is 5.97 Å². The lowest BCUT2D eigenvalue weighted by molar-refractivity contribution is -0.145. The van der Waals surface area contributed by atoms with Gasteiger partial charge in [0.2, 0.25) is 0 Å². The van der Waals surface area contributed by atoms with Crippen LogP contribution < -0.4 is 9.47 Å². The van der Waals surface area contributed by atoms with Crippen LogP contribution in [0.1, 0.15) is 26.3 Å². The summed E-state index contributed by atoms with van der Waals surface area (Å²) in [7, 11) is 0. The third kappa shape index (κ3) is 3.28. The Morgan fingerprint density at radius 1 is 1.04 bits per heavy atom. The fourth-order valence-electron chi connectivity index (χ4n) is 2.93. The number of carbonyl (C=O) groups is 3. The number of amides is 2. The first-order chi connectivity index (χ1) is 13.0. The lowest BCUT2D eigenvalue weighted by Gasteiger charge is -2.20. The van der Waals surface area contributed by atoms with Gasteiger partial charge in [-0.25, -0.2) is 0 Å². The van der Waals surface area contributed by atoms with Gasteiger partial charge in [-0.3, -0.25) is 19.3 Å². The number of ether oxygens (including phenoxy) is 3. The molecule has 7 nitrogen and oxygen atoms in total. The van der Waals surface area contributed by atoms with E-state index in [9.17, 15) is 14.4 Å². The first kappa shape index (κ1) is 17.5. The van der Waals surface area contributed by atoms with Gasteiger partial charge in [0.05, 0.1) is 11.1 Å². The molecule has 0 aliphatic carbocycles. The Morgan fingerprint density at radius 3 is 2.26 bits per heavy atom. The second-order valence-corrected chi connectivity index (χ2v) is 6.84. The van der Waals surface area contributed by atoms with Crippen LogP contribution in [0.4, 0.5) is 0 Å². The van der Waals surface area contributed by atoms with Crippen LogP contribution in [-0.2, 0) is 16.1 Å². The molecule has 27 heavy (non-hydrogen) atoms. The number of rotatable bonds is 4. The summed E-state index contributed by atoms with van der Waals surface area (Å²) in [6.45, 7) is 0.468. The molecule has 0 saturated heterocycles. The number of hydrogen-bond acceptors (Lipinski definition) is 6. The minimum Gasteiger partial charge on any atom is -0.486 e. The largest absolute Gasteiger partial charge is 0.486 e. The van der Waals surface area contributed by atoms with Crippen LogP contribution in [0.5, 0.6) is 11.5 Å². The van der Waals surface area contributed by atoms with Crippen molar-refractivity contribution in [2.24, 2.45) is 0 Å². The summed E-state index contributed by atoms with van der Waals surface area (Å²) in [4.78, 5) is 37.7. The Balaban J connectivity index is 1.41. The van der Waals surface area contributed by atoms with Gasteiger partial charge in [0.25, 0.3) is 11.8 Å². The number of imide groups is 1. The van der Waals surface area contributed by atoms with Crippen LogP contribution in [0.3, 0.4) is 0 Å². The third-order valence-corrected chi connectivity index (χ3v) is 5.00. The number of nitrogens with zero attached hydrogens (tertiary/aromatic N) is 1. The quantitative estimate of drug-likeness (QED) is 0.546. The van der Waals surface area contributed by atoms with E-state index < -0.39 is 24.3 Å². The van der Waals surface area contributed by atoms with Crippen LogP contribution in [-0.4, -0.2) is 42.4 Å². The van der Waals surface area contributed by atoms with Gasteiger partial charge in [-0.2, -0.15) is 0 Å². The molecule has 2 amide bonds. The van der Waals surface area contributed by atoms with Gasteiger partial charge in [0.1, 0.15) is 26.4 Å². The molecule has 2 aromatic carbocycles. The number of benzene rings is 2. The van der Waals surface area contributed by atoms with E-state index in [1.807, 2.05) is 0 Å². The highest BCUT2D eigenvalue weighted by molar-refractivity contribution is 9.10. The summed E-state index contributed by atoms with van der Waals surface area (Å²) in [6, 6.07) is 9.95. The van der Waals surface area contributed by atoms with Crippen LogP contribution in [0.15, 0.2) is 40.9 Å². The van der Waals surface area contributed by atoms with Gasteiger partial charge in [-0.15, -0.1) is 0 Å². The molecule has 2 aliphatic rings. The Kier molecular flexibility index (Phi) is 4.57. The maximum Gasteiger partial charge on any atom is 0.326 e. The minimum atomic E-state index is -0.675. The summed E-state index contributed by atoms with van der Waals surface area (Å²) >= 11 is 3.41. The van der Waals surface area contributed by atoms with Gasteiger partial charge in [-0.1, -0.05) is 28.1 Å². The fourth-order valence-corrected chi connectivity index (χ4v) is 3.37. The predicted octanol–water partition coefficient (Wildman–Crippen LogP) is 2.56. The zero-order valence-electron chi connectivity index (χ0n) is 14.1. The summed E-state index contributed by atoms with van der Waals surface area (Å²) in [5.41, 5.74) is 1.28. The molecule has 138 valence electrons. The van der Waals surface area contributed by atoms with Crippen molar-refractivity contribution in [3.05, 3.63) is 57.6 Å². The Bertz CT molecular complexity index is 922. The number of fused-ring (bicyclic) bond motifs is 2. The fraction of sp³-hybridized carbons (Fsp3) is 0.211. The standard InChI is InChI=1S/C19H14BrNO6/c20-14-8-16-15(25-5-6-26-16)7-11(14)10-27-17(22)9-21-18(23)12-3-1-2-4-13(12)19(21)24/h1-4,7-8H,5-6,9-10H2. The Hall–Kier alpha value is -2.87. The van der Waals surface area contributed by atoms with E-state index in [1.165, 1.54) is 0 Å². The second-order valence-electron chi connectivity index (χ2n) is 5.99. The maximum atomic E-state index is 12.3. The van der Waals surface area contributed by atoms with Gasteiger partial charge < -0.3 is 14.2 Å². The molecule has 0 atom stereocenters. The Morgan fingerprint density at radius 2 is 1.63 bits per heavy atom. The van der Waals surface area contributed by atoms with Crippen molar-refractivity contribution >= 4 is 33.7 Å². The lowest BCUT2D eigenvalue weighted by Crippen LogP contribution is -2.35. The highest BCUT2D eigenvalue weighted by Crippen LogP contribution is 2.35. The molecule has 0 saturated carbocycles. The number of hydrogen-bond donors (Lipinski definition) is 0. The average Bonchev–Trinajstić information content (AvgIpc) is 2.91. The van der Waals surface area contributed by atoms with Crippen molar-refractivity contribution in [3.8, 4) is 11.5 Å². The smallest absolute Gasteiger partial charge is 0.326 e. The first-order valence-corrected chi connectivity index (χ1v) is 9.03. The minimum absolute atomic E-state index is 0.0285. The van der Waals surface area contributed by atoms with Crippen LogP contribution >= 0.6 is 15.9 Å². The molecular weight excluding hydrogens is 418 g/mol. The molecule has 4 rings (SSSR count). The van der Waals surface area contributed by atoms with E-state index in [4.69, 9.17) is 14.2 Å². The molecule has 0 fully saturated rings. The third-order valence-electron chi connectivity index (χ3n) is 4.27. The maximum absolute atomic E-state index is 12.3. The summed E-state index contributed by atoms with van der Waals surface area (Å²) in [6.07, 6.45) is 0. The zero-order valence-corrected chi connectivity index (χ0v) is 15.7. The van der Waals surface area contributed by atoms with Crippen LogP contribution in [0.25, 0.3) is 0 Å². The van der Waals surface area contributed by atoms with Gasteiger partial charge in [0, 0.05) is 10.0 Å². The molecule has 8 heteroatoms. The molecule has 2 aromatic rings. The lowest BCUT2D eigenvalue weighted by atomic mass is 10.1. The predicted molar refractivity (Wildman–Crippen MR) is 96.7 cm³/mol. The second kappa shape index (κ2) is 7.03. The monoisotopic (exact) mass is 431 g/mol.